The molecule has 0 saturated heterocycles. The predicted molar refractivity (Wildman–Crippen MR) is 84.3 cm³/mol. The Balaban J connectivity index is 3.09. The predicted octanol–water partition coefficient (Wildman–Crippen LogP) is 1.93. The van der Waals surface area contributed by atoms with Gasteiger partial charge in [-0.3, -0.25) is 4.79 Å². The van der Waals surface area contributed by atoms with Gasteiger partial charge in [-0.1, -0.05) is 37.3 Å². The van der Waals surface area contributed by atoms with Crippen LogP contribution in [-0.2, 0) is 14.8 Å². The Bertz CT molecular complexity index is 539. The summed E-state index contributed by atoms with van der Waals surface area (Å²) in [6.45, 7) is 6.65. The van der Waals surface area contributed by atoms with Crippen LogP contribution in [0.5, 0.6) is 0 Å². The lowest BCUT2D eigenvalue weighted by molar-refractivity contribution is -0.132. The third kappa shape index (κ3) is 5.13. The van der Waals surface area contributed by atoms with Crippen LogP contribution in [0.3, 0.4) is 0 Å². The zero-order valence-corrected chi connectivity index (χ0v) is 13.7. The number of rotatable bonds is 8. The van der Waals surface area contributed by atoms with Crippen molar-refractivity contribution in [3.05, 3.63) is 35.9 Å². The fraction of sp³-hybridized carbons (Fsp3) is 0.533. The van der Waals surface area contributed by atoms with Crippen molar-refractivity contribution in [2.24, 2.45) is 0 Å². The molecule has 0 aliphatic heterocycles. The number of amides is 1. The van der Waals surface area contributed by atoms with Crippen molar-refractivity contribution in [3.63, 3.8) is 0 Å². The van der Waals surface area contributed by atoms with Crippen LogP contribution in [0.15, 0.2) is 30.3 Å². The molecule has 0 aliphatic carbocycles. The summed E-state index contributed by atoms with van der Waals surface area (Å²) in [6.07, 6.45) is 0.510. The standard InChI is InChI=1S/C15H24N2O3S/c1-4-12-21(19,20)16-14(13-10-8-7-9-11-13)15(18)17(5-2)6-3/h7-11,14,16H,4-6,12H2,1-3H3/t14-/m0/s1. The maximum absolute atomic E-state index is 12.6. The van der Waals surface area contributed by atoms with Gasteiger partial charge in [0.15, 0.2) is 0 Å². The van der Waals surface area contributed by atoms with Crippen molar-refractivity contribution in [3.8, 4) is 0 Å². The highest BCUT2D eigenvalue weighted by molar-refractivity contribution is 7.89. The Hall–Kier alpha value is -1.40. The largest absolute Gasteiger partial charge is 0.342 e. The quantitative estimate of drug-likeness (QED) is 0.797. The lowest BCUT2D eigenvalue weighted by Gasteiger charge is -2.26. The van der Waals surface area contributed by atoms with Crippen molar-refractivity contribution in [1.29, 1.82) is 0 Å². The van der Waals surface area contributed by atoms with E-state index in [2.05, 4.69) is 4.72 Å². The lowest BCUT2D eigenvalue weighted by Crippen LogP contribution is -2.43. The molecular weight excluding hydrogens is 288 g/mol. The molecule has 0 saturated carbocycles. The van der Waals surface area contributed by atoms with Crippen LogP contribution in [0.1, 0.15) is 38.8 Å². The number of carbonyl (C=O) groups is 1. The third-order valence-electron chi connectivity index (χ3n) is 3.23. The van der Waals surface area contributed by atoms with Gasteiger partial charge in [0.1, 0.15) is 6.04 Å². The fourth-order valence-corrected chi connectivity index (χ4v) is 3.38. The first kappa shape index (κ1) is 17.7. The zero-order chi connectivity index (χ0) is 15.9. The number of nitrogens with one attached hydrogen (secondary N) is 1. The number of benzene rings is 1. The van der Waals surface area contributed by atoms with E-state index in [1.165, 1.54) is 0 Å². The topological polar surface area (TPSA) is 66.5 Å². The number of carbonyl (C=O) groups excluding carboxylic acids is 1. The normalized spacial score (nSPS) is 12.9. The van der Waals surface area contributed by atoms with Crippen LogP contribution >= 0.6 is 0 Å². The summed E-state index contributed by atoms with van der Waals surface area (Å²) in [5.74, 6) is -0.201. The first-order valence-electron chi connectivity index (χ1n) is 7.28. The molecule has 21 heavy (non-hydrogen) atoms. The molecule has 1 N–H and O–H groups in total. The van der Waals surface area contributed by atoms with Crippen molar-refractivity contribution < 1.29 is 13.2 Å². The summed E-state index contributed by atoms with van der Waals surface area (Å²) in [4.78, 5) is 14.2. The van der Waals surface area contributed by atoms with Gasteiger partial charge < -0.3 is 4.90 Å². The van der Waals surface area contributed by atoms with Crippen molar-refractivity contribution in [2.45, 2.75) is 33.2 Å². The molecule has 6 heteroatoms. The first-order valence-corrected chi connectivity index (χ1v) is 8.94. The summed E-state index contributed by atoms with van der Waals surface area (Å²) >= 11 is 0. The van der Waals surface area contributed by atoms with E-state index < -0.39 is 16.1 Å². The van der Waals surface area contributed by atoms with E-state index in [9.17, 15) is 13.2 Å². The Morgan fingerprint density at radius 1 is 1.14 bits per heavy atom. The molecule has 0 radical (unpaired) electrons. The molecule has 0 bridgehead atoms. The molecular formula is C15H24N2O3S. The van der Waals surface area contributed by atoms with E-state index in [0.717, 1.165) is 0 Å². The second-order valence-corrected chi connectivity index (χ2v) is 6.66. The fourth-order valence-electron chi connectivity index (χ4n) is 2.13. The van der Waals surface area contributed by atoms with Gasteiger partial charge in [0.2, 0.25) is 15.9 Å². The van der Waals surface area contributed by atoms with E-state index in [1.807, 2.05) is 19.9 Å². The van der Waals surface area contributed by atoms with Gasteiger partial charge >= 0.3 is 0 Å². The van der Waals surface area contributed by atoms with Crippen molar-refractivity contribution in [1.82, 2.24) is 9.62 Å². The van der Waals surface area contributed by atoms with E-state index >= 15 is 0 Å². The minimum atomic E-state index is -3.47. The van der Waals surface area contributed by atoms with Gasteiger partial charge in [-0.2, -0.15) is 4.72 Å². The molecule has 1 aromatic carbocycles. The number of likely N-dealkylation sites (N-methyl/N-ethyl adjacent to an activating group) is 1. The highest BCUT2D eigenvalue weighted by Crippen LogP contribution is 2.17. The highest BCUT2D eigenvalue weighted by atomic mass is 32.2. The average molecular weight is 312 g/mol. The molecule has 0 unspecified atom stereocenters. The molecule has 0 spiro atoms. The molecule has 0 aliphatic rings. The van der Waals surface area contributed by atoms with Gasteiger partial charge in [-0.05, 0) is 25.8 Å². The Morgan fingerprint density at radius 3 is 2.19 bits per heavy atom. The maximum Gasteiger partial charge on any atom is 0.245 e. The third-order valence-corrected chi connectivity index (χ3v) is 4.77. The highest BCUT2D eigenvalue weighted by Gasteiger charge is 2.28. The van der Waals surface area contributed by atoms with Crippen LogP contribution in [0.25, 0.3) is 0 Å². The second-order valence-electron chi connectivity index (χ2n) is 4.79. The summed E-state index contributed by atoms with van der Waals surface area (Å²) in [5, 5.41) is 0. The summed E-state index contributed by atoms with van der Waals surface area (Å²) < 4.78 is 26.6. The maximum atomic E-state index is 12.6. The molecule has 0 fully saturated rings. The van der Waals surface area contributed by atoms with Crippen LogP contribution < -0.4 is 4.72 Å². The van der Waals surface area contributed by atoms with E-state index in [1.54, 1.807) is 36.1 Å². The summed E-state index contributed by atoms with van der Waals surface area (Å²) in [7, 11) is -3.47. The monoisotopic (exact) mass is 312 g/mol. The summed E-state index contributed by atoms with van der Waals surface area (Å²) in [5.41, 5.74) is 0.661. The Kier molecular flexibility index (Phi) is 6.84. The number of hydrogen-bond donors (Lipinski definition) is 1. The minimum Gasteiger partial charge on any atom is -0.342 e. The van der Waals surface area contributed by atoms with Crippen LogP contribution in [0, 0.1) is 0 Å². The summed E-state index contributed by atoms with van der Waals surface area (Å²) in [6, 6.07) is 8.10. The first-order chi connectivity index (χ1) is 9.95. The van der Waals surface area contributed by atoms with Gasteiger partial charge in [0.05, 0.1) is 5.75 Å². The average Bonchev–Trinajstić information content (AvgIpc) is 2.47. The SMILES string of the molecule is CCCS(=O)(=O)N[C@H](C(=O)N(CC)CC)c1ccccc1. The van der Waals surface area contributed by atoms with Crippen LogP contribution in [-0.4, -0.2) is 38.1 Å². The van der Waals surface area contributed by atoms with Gasteiger partial charge in [0, 0.05) is 13.1 Å². The van der Waals surface area contributed by atoms with Crippen LogP contribution in [0.4, 0.5) is 0 Å². The lowest BCUT2D eigenvalue weighted by atomic mass is 10.1. The molecule has 1 aromatic rings. The Labute approximate surface area is 127 Å². The van der Waals surface area contributed by atoms with Gasteiger partial charge in [-0.25, -0.2) is 8.42 Å². The number of nitrogens with zero attached hydrogens (tertiary/aromatic N) is 1. The Morgan fingerprint density at radius 2 is 1.71 bits per heavy atom. The van der Waals surface area contributed by atoms with E-state index in [-0.39, 0.29) is 11.7 Å². The molecule has 0 heterocycles. The molecule has 1 amide bonds. The minimum absolute atomic E-state index is 0.0157. The van der Waals surface area contributed by atoms with E-state index in [0.29, 0.717) is 25.1 Å². The van der Waals surface area contributed by atoms with Gasteiger partial charge in [-0.15, -0.1) is 0 Å². The molecule has 0 aromatic heterocycles. The molecule has 118 valence electrons. The van der Waals surface area contributed by atoms with Crippen molar-refractivity contribution in [2.75, 3.05) is 18.8 Å². The molecule has 5 nitrogen and oxygen atoms in total. The smallest absolute Gasteiger partial charge is 0.245 e. The van der Waals surface area contributed by atoms with Gasteiger partial charge in [0.25, 0.3) is 0 Å². The molecule has 1 atom stereocenters. The zero-order valence-electron chi connectivity index (χ0n) is 12.9. The molecule has 1 rings (SSSR count). The van der Waals surface area contributed by atoms with E-state index in [4.69, 9.17) is 0 Å². The number of sulfonamides is 1. The number of hydrogen-bond acceptors (Lipinski definition) is 3. The van der Waals surface area contributed by atoms with Crippen molar-refractivity contribution >= 4 is 15.9 Å². The van der Waals surface area contributed by atoms with Crippen LogP contribution in [0.2, 0.25) is 0 Å². The second kappa shape index (κ2) is 8.14.